The number of fused-ring (bicyclic) bond motifs is 3. The van der Waals surface area contributed by atoms with Gasteiger partial charge in [-0.25, -0.2) is 4.98 Å². The van der Waals surface area contributed by atoms with Crippen molar-refractivity contribution in [2.45, 2.75) is 49.7 Å². The quantitative estimate of drug-likeness (QED) is 0.455. The normalized spacial score (nSPS) is 17.2. The minimum atomic E-state index is -0.831. The fourth-order valence-corrected chi connectivity index (χ4v) is 6.38. The van der Waals surface area contributed by atoms with Gasteiger partial charge in [0, 0.05) is 4.88 Å². The van der Waals surface area contributed by atoms with Crippen LogP contribution in [0, 0.1) is 17.2 Å². The van der Waals surface area contributed by atoms with E-state index in [2.05, 4.69) is 11.4 Å². The van der Waals surface area contributed by atoms with Crippen molar-refractivity contribution in [3.05, 3.63) is 51.1 Å². The van der Waals surface area contributed by atoms with Gasteiger partial charge in [-0.2, -0.15) is 5.26 Å². The molecule has 6 nitrogen and oxygen atoms in total. The number of thiophene rings is 1. The summed E-state index contributed by atoms with van der Waals surface area (Å²) in [7, 11) is 0. The molecule has 2 aliphatic rings. The van der Waals surface area contributed by atoms with Gasteiger partial charge in [0.15, 0.2) is 5.16 Å². The average molecular weight is 451 g/mol. The largest absolute Gasteiger partial charge is 0.337 e. The van der Waals surface area contributed by atoms with E-state index in [9.17, 15) is 14.9 Å². The molecule has 1 N–H and O–H groups in total. The van der Waals surface area contributed by atoms with Crippen molar-refractivity contribution >= 4 is 39.2 Å². The molecule has 0 radical (unpaired) electrons. The Morgan fingerprint density at radius 2 is 2.13 bits per heavy atom. The summed E-state index contributed by atoms with van der Waals surface area (Å²) in [6, 6.07) is 11.7. The Morgan fingerprint density at radius 3 is 2.84 bits per heavy atom. The van der Waals surface area contributed by atoms with E-state index >= 15 is 0 Å². The maximum Gasteiger partial charge on any atom is 0.267 e. The maximum atomic E-state index is 13.6. The molecular formula is C23H22N4O2S2. The van der Waals surface area contributed by atoms with Crippen LogP contribution in [0.2, 0.25) is 0 Å². The second kappa shape index (κ2) is 7.81. The molecule has 1 atom stereocenters. The van der Waals surface area contributed by atoms with Crippen LogP contribution in [0.3, 0.4) is 0 Å². The smallest absolute Gasteiger partial charge is 0.267 e. The van der Waals surface area contributed by atoms with Crippen molar-refractivity contribution in [2.75, 3.05) is 5.75 Å². The number of nitrogens with one attached hydrogen (secondary N) is 1. The summed E-state index contributed by atoms with van der Waals surface area (Å²) < 4.78 is 1.62. The van der Waals surface area contributed by atoms with Crippen molar-refractivity contribution < 1.29 is 4.79 Å². The van der Waals surface area contributed by atoms with Crippen LogP contribution >= 0.6 is 23.1 Å². The van der Waals surface area contributed by atoms with E-state index in [1.807, 2.05) is 30.3 Å². The molecule has 1 aromatic carbocycles. The fourth-order valence-electron chi connectivity index (χ4n) is 4.26. The summed E-state index contributed by atoms with van der Waals surface area (Å²) in [6.45, 7) is 1.78. The summed E-state index contributed by atoms with van der Waals surface area (Å²) in [4.78, 5) is 33.0. The van der Waals surface area contributed by atoms with Crippen LogP contribution in [-0.2, 0) is 17.6 Å². The highest BCUT2D eigenvalue weighted by Crippen LogP contribution is 2.39. The number of amides is 1. The van der Waals surface area contributed by atoms with Gasteiger partial charge in [0.05, 0.1) is 22.9 Å². The number of carbonyl (C=O) groups excluding carboxylic acids is 1. The molecule has 1 saturated carbocycles. The van der Waals surface area contributed by atoms with E-state index in [-0.39, 0.29) is 23.1 Å². The summed E-state index contributed by atoms with van der Waals surface area (Å²) in [5, 5.41) is 13.6. The molecule has 2 heterocycles. The van der Waals surface area contributed by atoms with E-state index in [4.69, 9.17) is 4.98 Å². The summed E-state index contributed by atoms with van der Waals surface area (Å²) in [5.74, 6) is 0.0976. The van der Waals surface area contributed by atoms with Gasteiger partial charge >= 0.3 is 0 Å². The van der Waals surface area contributed by atoms with Gasteiger partial charge in [0.25, 0.3) is 5.56 Å². The fraction of sp³-hybridized carbons (Fsp3) is 0.391. The molecule has 0 bridgehead atoms. The van der Waals surface area contributed by atoms with Gasteiger partial charge in [0.1, 0.15) is 10.4 Å². The lowest BCUT2D eigenvalue weighted by atomic mass is 9.98. The van der Waals surface area contributed by atoms with Crippen LogP contribution in [0.15, 0.2) is 40.3 Å². The van der Waals surface area contributed by atoms with Crippen molar-refractivity contribution in [1.29, 1.82) is 5.26 Å². The molecule has 2 aliphatic carbocycles. The third-order valence-corrected chi connectivity index (χ3v) is 8.20. The second-order valence-corrected chi connectivity index (χ2v) is 10.4. The van der Waals surface area contributed by atoms with E-state index in [0.29, 0.717) is 5.16 Å². The molecule has 2 aromatic heterocycles. The van der Waals surface area contributed by atoms with Gasteiger partial charge in [-0.1, -0.05) is 30.0 Å². The molecule has 0 aliphatic heterocycles. The SMILES string of the molecule is CC(C#N)(NC(=O)CSc1nc2sc3c(c2c(=O)n1-c1ccccc1)CCC3)C1CC1. The van der Waals surface area contributed by atoms with Gasteiger partial charge < -0.3 is 5.32 Å². The Bertz CT molecular complexity index is 1270. The Kier molecular flexibility index (Phi) is 5.11. The predicted molar refractivity (Wildman–Crippen MR) is 123 cm³/mol. The van der Waals surface area contributed by atoms with E-state index in [1.54, 1.807) is 22.8 Å². The molecule has 0 saturated heterocycles. The molecule has 1 fully saturated rings. The van der Waals surface area contributed by atoms with Gasteiger partial charge in [0.2, 0.25) is 5.91 Å². The van der Waals surface area contributed by atoms with Gasteiger partial charge in [-0.15, -0.1) is 11.3 Å². The number of hydrogen-bond donors (Lipinski definition) is 1. The number of rotatable bonds is 6. The summed E-state index contributed by atoms with van der Waals surface area (Å²) >= 11 is 2.84. The number of aryl methyl sites for hydroxylation is 2. The number of para-hydroxylation sites is 1. The van der Waals surface area contributed by atoms with Crippen molar-refractivity contribution in [1.82, 2.24) is 14.9 Å². The molecule has 1 unspecified atom stereocenters. The third kappa shape index (κ3) is 3.66. The number of nitriles is 1. The lowest BCUT2D eigenvalue weighted by Crippen LogP contribution is -2.47. The molecule has 5 rings (SSSR count). The first-order valence-corrected chi connectivity index (χ1v) is 12.3. The first-order chi connectivity index (χ1) is 15.0. The van der Waals surface area contributed by atoms with Crippen molar-refractivity contribution in [3.8, 4) is 11.8 Å². The molecule has 31 heavy (non-hydrogen) atoms. The zero-order valence-corrected chi connectivity index (χ0v) is 18.8. The summed E-state index contributed by atoms with van der Waals surface area (Å²) in [5.41, 5.74) is 0.981. The van der Waals surface area contributed by atoms with E-state index < -0.39 is 5.54 Å². The Morgan fingerprint density at radius 1 is 1.35 bits per heavy atom. The lowest BCUT2D eigenvalue weighted by molar-refractivity contribution is -0.119. The lowest BCUT2D eigenvalue weighted by Gasteiger charge is -2.22. The average Bonchev–Trinajstić information content (AvgIpc) is 3.44. The number of benzene rings is 1. The zero-order valence-electron chi connectivity index (χ0n) is 17.2. The number of hydrogen-bond acceptors (Lipinski definition) is 6. The van der Waals surface area contributed by atoms with Crippen LogP contribution in [-0.4, -0.2) is 26.8 Å². The minimum absolute atomic E-state index is 0.0710. The monoisotopic (exact) mass is 450 g/mol. The molecule has 8 heteroatoms. The van der Waals surface area contributed by atoms with E-state index in [1.165, 1.54) is 16.6 Å². The highest BCUT2D eigenvalue weighted by Gasteiger charge is 2.43. The van der Waals surface area contributed by atoms with Gasteiger partial charge in [-0.3, -0.25) is 14.2 Å². The van der Waals surface area contributed by atoms with Gasteiger partial charge in [-0.05, 0) is 62.6 Å². The summed E-state index contributed by atoms with van der Waals surface area (Å²) in [6.07, 6.45) is 4.93. The molecule has 1 amide bonds. The number of aromatic nitrogens is 2. The number of carbonyl (C=O) groups is 1. The minimum Gasteiger partial charge on any atom is -0.337 e. The van der Waals surface area contributed by atoms with Crippen molar-refractivity contribution in [2.24, 2.45) is 5.92 Å². The number of thioether (sulfide) groups is 1. The standard InChI is InChI=1S/C23H22N4O2S2/c1-23(13-24,14-10-11-14)26-18(28)12-30-22-25-20-19(16-8-5-9-17(16)31-20)21(29)27(22)15-6-3-2-4-7-15/h2-4,6-7,14H,5,8-12H2,1H3,(H,26,28). The van der Waals surface area contributed by atoms with E-state index in [0.717, 1.165) is 53.6 Å². The first-order valence-electron chi connectivity index (χ1n) is 10.5. The Balaban J connectivity index is 1.50. The van der Waals surface area contributed by atoms with Crippen LogP contribution in [0.5, 0.6) is 0 Å². The zero-order chi connectivity index (χ0) is 21.6. The molecule has 0 spiro atoms. The highest BCUT2D eigenvalue weighted by molar-refractivity contribution is 7.99. The van der Waals surface area contributed by atoms with Crippen LogP contribution in [0.4, 0.5) is 0 Å². The first kappa shape index (κ1) is 20.3. The topological polar surface area (TPSA) is 87.8 Å². The second-order valence-electron chi connectivity index (χ2n) is 8.33. The molecule has 158 valence electrons. The Hall–Kier alpha value is -2.63. The van der Waals surface area contributed by atoms with Crippen molar-refractivity contribution in [3.63, 3.8) is 0 Å². The van der Waals surface area contributed by atoms with Crippen LogP contribution < -0.4 is 10.9 Å². The Labute approximate surface area is 188 Å². The molecular weight excluding hydrogens is 428 g/mol. The highest BCUT2D eigenvalue weighted by atomic mass is 32.2. The third-order valence-electron chi connectivity index (χ3n) is 6.08. The predicted octanol–water partition coefficient (Wildman–Crippen LogP) is 3.84. The van der Waals surface area contributed by atoms with Crippen LogP contribution in [0.1, 0.15) is 36.6 Å². The maximum absolute atomic E-state index is 13.6. The number of nitrogens with zero attached hydrogens (tertiary/aromatic N) is 3. The molecule has 3 aromatic rings. The van der Waals surface area contributed by atoms with Crippen LogP contribution in [0.25, 0.3) is 15.9 Å².